The minimum absolute atomic E-state index is 0.0802. The number of para-hydroxylation sites is 1. The molecule has 33 heavy (non-hydrogen) atoms. The lowest BCUT2D eigenvalue weighted by Crippen LogP contribution is -2.46. The van der Waals surface area contributed by atoms with Gasteiger partial charge < -0.3 is 5.32 Å². The van der Waals surface area contributed by atoms with Crippen molar-refractivity contribution in [2.45, 2.75) is 24.6 Å². The summed E-state index contributed by atoms with van der Waals surface area (Å²) in [5.74, 6) is -0.689. The van der Waals surface area contributed by atoms with Crippen molar-refractivity contribution in [2.75, 3.05) is 6.54 Å². The average molecular weight is 462 g/mol. The van der Waals surface area contributed by atoms with Gasteiger partial charge in [0, 0.05) is 13.0 Å². The van der Waals surface area contributed by atoms with Crippen molar-refractivity contribution in [1.82, 2.24) is 10.2 Å². The average Bonchev–Trinajstić information content (AvgIpc) is 2.83. The first-order valence-electron chi connectivity index (χ1n) is 10.8. The molecule has 1 N–H and O–H groups in total. The van der Waals surface area contributed by atoms with Gasteiger partial charge in [0.05, 0.1) is 17.5 Å². The van der Waals surface area contributed by atoms with Crippen molar-refractivity contribution >= 4 is 34.4 Å². The molecule has 0 aliphatic carbocycles. The van der Waals surface area contributed by atoms with Gasteiger partial charge in [-0.3, -0.25) is 14.5 Å². The maximum absolute atomic E-state index is 13.3. The number of benzene rings is 3. The third kappa shape index (κ3) is 6.29. The zero-order valence-corrected chi connectivity index (χ0v) is 18.8. The van der Waals surface area contributed by atoms with E-state index in [-0.39, 0.29) is 30.6 Å². The van der Waals surface area contributed by atoms with E-state index in [0.717, 1.165) is 17.5 Å². The molecule has 5 nitrogen and oxygen atoms in total. The summed E-state index contributed by atoms with van der Waals surface area (Å²) in [5.41, 5.74) is 2.63. The van der Waals surface area contributed by atoms with E-state index >= 15 is 0 Å². The molecule has 1 aliphatic rings. The number of amidine groups is 1. The Labute approximate surface area is 196 Å². The SMILES string of the molecule is O=C(NCCc1ccccc1)[C@H]1CC(=O)N(Cc2ccc(F)cc2)C(=Nc2ccccc2)S1. The summed E-state index contributed by atoms with van der Waals surface area (Å²) in [6, 6.07) is 25.3. The number of hydrogen-bond acceptors (Lipinski definition) is 4. The molecule has 1 aliphatic heterocycles. The van der Waals surface area contributed by atoms with Crippen molar-refractivity contribution in [1.29, 1.82) is 0 Å². The van der Waals surface area contributed by atoms with Crippen LogP contribution in [0.4, 0.5) is 10.1 Å². The van der Waals surface area contributed by atoms with Gasteiger partial charge in [0.1, 0.15) is 5.82 Å². The number of amides is 2. The number of carbonyl (C=O) groups excluding carboxylic acids is 2. The van der Waals surface area contributed by atoms with Crippen LogP contribution in [0.2, 0.25) is 0 Å². The normalized spacial score (nSPS) is 17.2. The summed E-state index contributed by atoms with van der Waals surface area (Å²) in [5, 5.41) is 2.86. The Bertz CT molecular complexity index is 1120. The van der Waals surface area contributed by atoms with Crippen LogP contribution < -0.4 is 5.32 Å². The second-order valence-electron chi connectivity index (χ2n) is 7.67. The Kier molecular flexibility index (Phi) is 7.52. The van der Waals surface area contributed by atoms with Crippen molar-refractivity contribution < 1.29 is 14.0 Å². The molecule has 1 atom stereocenters. The monoisotopic (exact) mass is 461 g/mol. The van der Waals surface area contributed by atoms with Crippen molar-refractivity contribution in [2.24, 2.45) is 4.99 Å². The van der Waals surface area contributed by atoms with Crippen molar-refractivity contribution in [3.05, 3.63) is 102 Å². The highest BCUT2D eigenvalue weighted by Crippen LogP contribution is 2.30. The number of carbonyl (C=O) groups is 2. The zero-order valence-electron chi connectivity index (χ0n) is 18.0. The second kappa shape index (κ2) is 10.9. The molecule has 2 amide bonds. The smallest absolute Gasteiger partial charge is 0.234 e. The standard InChI is InChI=1S/C26H24FN3O2S/c27-21-13-11-20(12-14-21)18-30-24(31)17-23(33-26(30)29-22-9-5-2-6-10-22)25(32)28-16-15-19-7-3-1-4-8-19/h1-14,23H,15-18H2,(H,28,32)/t23-/m1/s1. The molecule has 0 spiro atoms. The third-order valence-electron chi connectivity index (χ3n) is 5.22. The molecule has 7 heteroatoms. The summed E-state index contributed by atoms with van der Waals surface area (Å²) in [6.45, 7) is 0.763. The molecule has 0 saturated carbocycles. The number of rotatable bonds is 7. The molecule has 1 saturated heterocycles. The largest absolute Gasteiger partial charge is 0.355 e. The zero-order chi connectivity index (χ0) is 23.0. The van der Waals surface area contributed by atoms with Gasteiger partial charge in [-0.15, -0.1) is 0 Å². The Morgan fingerprint density at radius 1 is 0.970 bits per heavy atom. The van der Waals surface area contributed by atoms with E-state index in [4.69, 9.17) is 0 Å². The predicted octanol–water partition coefficient (Wildman–Crippen LogP) is 4.71. The maximum Gasteiger partial charge on any atom is 0.234 e. The topological polar surface area (TPSA) is 61.8 Å². The number of thioether (sulfide) groups is 1. The van der Waals surface area contributed by atoms with E-state index in [2.05, 4.69) is 10.3 Å². The lowest BCUT2D eigenvalue weighted by Gasteiger charge is -2.32. The number of aliphatic imine (C=N–C) groups is 1. The fourth-order valence-corrected chi connectivity index (χ4v) is 4.59. The van der Waals surface area contributed by atoms with Crippen LogP contribution >= 0.6 is 11.8 Å². The van der Waals surface area contributed by atoms with Crippen LogP contribution in [0.1, 0.15) is 17.5 Å². The fraction of sp³-hybridized carbons (Fsp3) is 0.192. The highest BCUT2D eigenvalue weighted by Gasteiger charge is 2.35. The van der Waals surface area contributed by atoms with E-state index < -0.39 is 5.25 Å². The summed E-state index contributed by atoms with van der Waals surface area (Å²) >= 11 is 1.28. The Morgan fingerprint density at radius 2 is 1.64 bits per heavy atom. The summed E-state index contributed by atoms with van der Waals surface area (Å²) in [6.07, 6.45) is 0.802. The molecule has 3 aromatic rings. The highest BCUT2D eigenvalue weighted by molar-refractivity contribution is 8.15. The molecule has 0 bridgehead atoms. The number of hydrogen-bond donors (Lipinski definition) is 1. The van der Waals surface area contributed by atoms with E-state index in [0.29, 0.717) is 17.4 Å². The molecule has 1 heterocycles. The summed E-state index contributed by atoms with van der Waals surface area (Å²) in [4.78, 5) is 32.1. The van der Waals surface area contributed by atoms with E-state index in [9.17, 15) is 14.0 Å². The van der Waals surface area contributed by atoms with Crippen molar-refractivity contribution in [3.8, 4) is 0 Å². The Balaban J connectivity index is 1.48. The molecule has 1 fully saturated rings. The van der Waals surface area contributed by atoms with E-state index in [1.54, 1.807) is 17.0 Å². The Hall–Kier alpha value is -3.45. The molecule has 0 unspecified atom stereocenters. The van der Waals surface area contributed by atoms with Crippen LogP contribution in [0, 0.1) is 5.82 Å². The second-order valence-corrected chi connectivity index (χ2v) is 8.84. The third-order valence-corrected chi connectivity index (χ3v) is 6.41. The number of nitrogens with one attached hydrogen (secondary N) is 1. The van der Waals surface area contributed by atoms with Gasteiger partial charge >= 0.3 is 0 Å². The van der Waals surface area contributed by atoms with Gasteiger partial charge in [-0.25, -0.2) is 9.38 Å². The molecule has 168 valence electrons. The van der Waals surface area contributed by atoms with Gasteiger partial charge in [0.25, 0.3) is 0 Å². The fourth-order valence-electron chi connectivity index (χ4n) is 3.47. The number of halogens is 1. The van der Waals surface area contributed by atoms with Crippen LogP contribution in [0.3, 0.4) is 0 Å². The molecule has 0 aromatic heterocycles. The highest BCUT2D eigenvalue weighted by atomic mass is 32.2. The molecule has 0 radical (unpaired) electrons. The van der Waals surface area contributed by atoms with Gasteiger partial charge in [0.2, 0.25) is 11.8 Å². The van der Waals surface area contributed by atoms with Crippen LogP contribution in [0.25, 0.3) is 0 Å². The lowest BCUT2D eigenvalue weighted by molar-refractivity contribution is -0.130. The Morgan fingerprint density at radius 3 is 2.33 bits per heavy atom. The minimum Gasteiger partial charge on any atom is -0.355 e. The molecular weight excluding hydrogens is 437 g/mol. The van der Waals surface area contributed by atoms with Crippen LogP contribution in [0.15, 0.2) is 89.9 Å². The van der Waals surface area contributed by atoms with E-state index in [1.807, 2.05) is 60.7 Å². The first kappa shape index (κ1) is 22.7. The lowest BCUT2D eigenvalue weighted by atomic mass is 10.1. The summed E-state index contributed by atoms with van der Waals surface area (Å²) < 4.78 is 13.3. The van der Waals surface area contributed by atoms with Crippen molar-refractivity contribution in [3.63, 3.8) is 0 Å². The van der Waals surface area contributed by atoms with E-state index in [1.165, 1.54) is 23.9 Å². The van der Waals surface area contributed by atoms with Gasteiger partial charge in [-0.2, -0.15) is 0 Å². The first-order valence-corrected chi connectivity index (χ1v) is 11.6. The van der Waals surface area contributed by atoms with Crippen LogP contribution in [-0.2, 0) is 22.6 Å². The minimum atomic E-state index is -0.555. The van der Waals surface area contributed by atoms with Crippen LogP contribution in [-0.4, -0.2) is 33.7 Å². The number of nitrogens with zero attached hydrogens (tertiary/aromatic N) is 2. The molecular formula is C26H24FN3O2S. The summed E-state index contributed by atoms with van der Waals surface area (Å²) in [7, 11) is 0. The maximum atomic E-state index is 13.3. The predicted molar refractivity (Wildman–Crippen MR) is 130 cm³/mol. The van der Waals surface area contributed by atoms with Gasteiger partial charge in [-0.05, 0) is 41.8 Å². The van der Waals surface area contributed by atoms with Gasteiger partial charge in [-0.1, -0.05) is 72.4 Å². The van der Waals surface area contributed by atoms with Crippen LogP contribution in [0.5, 0.6) is 0 Å². The van der Waals surface area contributed by atoms with Gasteiger partial charge in [0.15, 0.2) is 5.17 Å². The molecule has 4 rings (SSSR count). The molecule has 3 aromatic carbocycles. The quantitative estimate of drug-likeness (QED) is 0.555. The first-order chi connectivity index (χ1) is 16.1.